The molecule has 0 saturated carbocycles. The number of aliphatic hydroxyl groups excluding tert-OH is 1. The molecule has 1 saturated heterocycles. The first-order valence-electron chi connectivity index (χ1n) is 6.56. The summed E-state index contributed by atoms with van der Waals surface area (Å²) in [6, 6.07) is 7.40. The summed E-state index contributed by atoms with van der Waals surface area (Å²) in [4.78, 5) is 0.465. The Kier molecular flexibility index (Phi) is 4.55. The molecule has 2 N–H and O–H groups in total. The van der Waals surface area contributed by atoms with E-state index < -0.39 is 16.6 Å². The summed E-state index contributed by atoms with van der Waals surface area (Å²) in [5.74, 6) is 0. The fourth-order valence-electron chi connectivity index (χ4n) is 2.27. The molecular formula is C14H18N2O3S. The average molecular weight is 294 g/mol. The number of hydrogen-bond donors (Lipinski definition) is 2. The SMILES string of the molecule is CCc1ccc(S(=O)N2CCC(O)(CO)C2)c(C#N)c1. The van der Waals surface area contributed by atoms with Gasteiger partial charge in [-0.05, 0) is 30.5 Å². The quantitative estimate of drug-likeness (QED) is 0.850. The van der Waals surface area contributed by atoms with Gasteiger partial charge in [-0.25, -0.2) is 8.51 Å². The molecule has 0 bridgehead atoms. The first kappa shape index (κ1) is 15.1. The molecule has 1 heterocycles. The van der Waals surface area contributed by atoms with Crippen molar-refractivity contribution in [3.63, 3.8) is 0 Å². The van der Waals surface area contributed by atoms with Crippen LogP contribution in [0.5, 0.6) is 0 Å². The molecule has 1 aliphatic rings. The largest absolute Gasteiger partial charge is 0.393 e. The van der Waals surface area contributed by atoms with Gasteiger partial charge in [-0.1, -0.05) is 13.0 Å². The lowest BCUT2D eigenvalue weighted by molar-refractivity contribution is -0.000503. The molecule has 5 nitrogen and oxygen atoms in total. The molecule has 1 aliphatic heterocycles. The predicted octanol–water partition coefficient (Wildman–Crippen LogP) is 0.572. The Morgan fingerprint density at radius 3 is 2.85 bits per heavy atom. The zero-order valence-electron chi connectivity index (χ0n) is 11.4. The third-order valence-corrected chi connectivity index (χ3v) is 5.10. The first-order valence-corrected chi connectivity index (χ1v) is 7.67. The summed E-state index contributed by atoms with van der Waals surface area (Å²) in [6.45, 7) is 2.23. The summed E-state index contributed by atoms with van der Waals surface area (Å²) >= 11 is 0. The third kappa shape index (κ3) is 2.91. The van der Waals surface area contributed by atoms with Gasteiger partial charge in [0, 0.05) is 13.1 Å². The Morgan fingerprint density at radius 1 is 1.55 bits per heavy atom. The number of hydrogen-bond acceptors (Lipinski definition) is 4. The van der Waals surface area contributed by atoms with E-state index in [1.807, 2.05) is 13.0 Å². The number of aliphatic hydroxyl groups is 2. The lowest BCUT2D eigenvalue weighted by atomic mass is 10.1. The van der Waals surface area contributed by atoms with Crippen LogP contribution in [0.2, 0.25) is 0 Å². The summed E-state index contributed by atoms with van der Waals surface area (Å²) in [7, 11) is -1.49. The molecule has 1 fully saturated rings. The zero-order valence-corrected chi connectivity index (χ0v) is 12.2. The standard InChI is InChI=1S/C14H18N2O3S/c1-2-11-3-4-13(12(7-11)8-15)20(19)16-6-5-14(18,9-16)10-17/h3-4,7,17-18H,2,5-6,9-10H2,1H3. The Hall–Kier alpha value is -1.26. The highest BCUT2D eigenvalue weighted by atomic mass is 32.2. The van der Waals surface area contributed by atoms with Gasteiger partial charge in [-0.3, -0.25) is 0 Å². The van der Waals surface area contributed by atoms with Gasteiger partial charge in [0.15, 0.2) is 0 Å². The second-order valence-corrected chi connectivity index (χ2v) is 6.50. The van der Waals surface area contributed by atoms with Crippen LogP contribution >= 0.6 is 0 Å². The Labute approximate surface area is 121 Å². The van der Waals surface area contributed by atoms with Crippen LogP contribution in [0.15, 0.2) is 23.1 Å². The van der Waals surface area contributed by atoms with Crippen molar-refractivity contribution in [2.45, 2.75) is 30.3 Å². The van der Waals surface area contributed by atoms with Crippen molar-refractivity contribution in [3.8, 4) is 6.07 Å². The molecule has 0 radical (unpaired) electrons. The molecule has 1 aromatic rings. The van der Waals surface area contributed by atoms with Crippen molar-refractivity contribution in [1.29, 1.82) is 5.26 Å². The molecule has 2 atom stereocenters. The highest BCUT2D eigenvalue weighted by Crippen LogP contribution is 2.26. The monoisotopic (exact) mass is 294 g/mol. The van der Waals surface area contributed by atoms with E-state index in [1.165, 1.54) is 0 Å². The van der Waals surface area contributed by atoms with E-state index >= 15 is 0 Å². The van der Waals surface area contributed by atoms with E-state index in [-0.39, 0.29) is 13.2 Å². The van der Waals surface area contributed by atoms with Gasteiger partial charge in [-0.15, -0.1) is 0 Å². The Bertz CT molecular complexity index is 570. The van der Waals surface area contributed by atoms with Crippen molar-refractivity contribution in [1.82, 2.24) is 4.31 Å². The van der Waals surface area contributed by atoms with Crippen LogP contribution in [0.4, 0.5) is 0 Å². The molecule has 2 unspecified atom stereocenters. The van der Waals surface area contributed by atoms with Gasteiger partial charge in [0.1, 0.15) is 22.7 Å². The molecule has 108 valence electrons. The van der Waals surface area contributed by atoms with Crippen LogP contribution in [0.25, 0.3) is 0 Å². The fraction of sp³-hybridized carbons (Fsp3) is 0.500. The van der Waals surface area contributed by atoms with Crippen LogP contribution in [-0.4, -0.2) is 44.0 Å². The molecule has 0 spiro atoms. The number of rotatable bonds is 4. The van der Waals surface area contributed by atoms with Gasteiger partial charge in [-0.2, -0.15) is 5.26 Å². The van der Waals surface area contributed by atoms with Crippen LogP contribution in [0.1, 0.15) is 24.5 Å². The molecule has 0 amide bonds. The maximum Gasteiger partial charge on any atom is 0.129 e. The zero-order chi connectivity index (χ0) is 14.8. The third-order valence-electron chi connectivity index (χ3n) is 3.59. The van der Waals surface area contributed by atoms with E-state index in [2.05, 4.69) is 6.07 Å². The number of benzene rings is 1. The van der Waals surface area contributed by atoms with E-state index in [0.29, 0.717) is 23.4 Å². The average Bonchev–Trinajstić information content (AvgIpc) is 2.89. The number of β-amino-alcohol motifs (C(OH)–C–C–N with tert-alkyl or cyclic N) is 1. The Morgan fingerprint density at radius 2 is 2.30 bits per heavy atom. The molecular weight excluding hydrogens is 276 g/mol. The number of nitrogens with zero attached hydrogens (tertiary/aromatic N) is 2. The number of nitriles is 1. The predicted molar refractivity (Wildman–Crippen MR) is 75.2 cm³/mol. The van der Waals surface area contributed by atoms with E-state index in [1.54, 1.807) is 16.4 Å². The van der Waals surface area contributed by atoms with Crippen molar-refractivity contribution < 1.29 is 14.4 Å². The minimum Gasteiger partial charge on any atom is -0.393 e. The molecule has 0 aliphatic carbocycles. The van der Waals surface area contributed by atoms with Crippen LogP contribution in [0.3, 0.4) is 0 Å². The first-order chi connectivity index (χ1) is 9.53. The van der Waals surface area contributed by atoms with Gasteiger partial charge >= 0.3 is 0 Å². The maximum atomic E-state index is 12.5. The normalized spacial score (nSPS) is 24.5. The molecule has 2 rings (SSSR count). The van der Waals surface area contributed by atoms with Gasteiger partial charge in [0.25, 0.3) is 0 Å². The summed E-state index contributed by atoms with van der Waals surface area (Å²) in [5, 5.41) is 28.3. The minimum absolute atomic E-state index is 0.149. The van der Waals surface area contributed by atoms with E-state index in [0.717, 1.165) is 12.0 Å². The molecule has 6 heteroatoms. The van der Waals surface area contributed by atoms with Crippen molar-refractivity contribution in [2.75, 3.05) is 19.7 Å². The van der Waals surface area contributed by atoms with Gasteiger partial charge in [0.05, 0.1) is 17.1 Å². The van der Waals surface area contributed by atoms with Gasteiger partial charge < -0.3 is 10.2 Å². The van der Waals surface area contributed by atoms with Gasteiger partial charge in [0.2, 0.25) is 0 Å². The summed E-state index contributed by atoms with van der Waals surface area (Å²) in [6.07, 6.45) is 1.19. The lowest BCUT2D eigenvalue weighted by Crippen LogP contribution is -2.37. The number of aryl methyl sites for hydroxylation is 1. The fourth-order valence-corrected chi connectivity index (χ4v) is 3.64. The molecule has 1 aromatic carbocycles. The minimum atomic E-state index is -1.49. The van der Waals surface area contributed by atoms with Crippen LogP contribution in [0, 0.1) is 11.3 Å². The molecule has 0 aromatic heterocycles. The van der Waals surface area contributed by atoms with Crippen molar-refractivity contribution >= 4 is 11.0 Å². The highest BCUT2D eigenvalue weighted by molar-refractivity contribution is 7.82. The van der Waals surface area contributed by atoms with Crippen molar-refractivity contribution in [2.24, 2.45) is 0 Å². The second-order valence-electron chi connectivity index (χ2n) is 5.04. The highest BCUT2D eigenvalue weighted by Gasteiger charge is 2.38. The molecule has 20 heavy (non-hydrogen) atoms. The second kappa shape index (κ2) is 6.02. The van der Waals surface area contributed by atoms with E-state index in [4.69, 9.17) is 5.11 Å². The van der Waals surface area contributed by atoms with Crippen molar-refractivity contribution in [3.05, 3.63) is 29.3 Å². The topological polar surface area (TPSA) is 84.6 Å². The lowest BCUT2D eigenvalue weighted by Gasteiger charge is -2.20. The summed E-state index contributed by atoms with van der Waals surface area (Å²) < 4.78 is 14.1. The van der Waals surface area contributed by atoms with Crippen LogP contribution in [-0.2, 0) is 17.4 Å². The smallest absolute Gasteiger partial charge is 0.129 e. The van der Waals surface area contributed by atoms with Crippen LogP contribution < -0.4 is 0 Å². The maximum absolute atomic E-state index is 12.5. The summed E-state index contributed by atoms with van der Waals surface area (Å²) in [5.41, 5.74) is 0.240. The van der Waals surface area contributed by atoms with E-state index in [9.17, 15) is 14.6 Å². The Balaban J connectivity index is 2.25.